The Bertz CT molecular complexity index is 820. The lowest BCUT2D eigenvalue weighted by Gasteiger charge is -2.70. The third-order valence-electron chi connectivity index (χ3n) is 8.03. The van der Waals surface area contributed by atoms with Crippen molar-refractivity contribution in [1.82, 2.24) is 0 Å². The summed E-state index contributed by atoms with van der Waals surface area (Å²) >= 11 is 0. The van der Waals surface area contributed by atoms with E-state index in [0.717, 1.165) is 13.0 Å². The minimum absolute atomic E-state index is 0.254. The van der Waals surface area contributed by atoms with E-state index in [0.29, 0.717) is 6.42 Å². The Morgan fingerprint density at radius 3 is 2.23 bits per heavy atom. The number of hydrogen-bond donors (Lipinski definition) is 3. The van der Waals surface area contributed by atoms with Crippen LogP contribution in [0.5, 0.6) is 0 Å². The molecule has 1 heterocycles. The average molecular weight is 424 g/mol. The maximum atomic E-state index is 13.6. The molecule has 0 amide bonds. The molecule has 2 aliphatic carbocycles. The molecular formula is C22H32O8. The van der Waals surface area contributed by atoms with Gasteiger partial charge in [0.25, 0.3) is 0 Å². The van der Waals surface area contributed by atoms with Gasteiger partial charge in [0.1, 0.15) is 5.60 Å². The quantitative estimate of drug-likeness (QED) is 0.335. The van der Waals surface area contributed by atoms with Crippen LogP contribution in [-0.2, 0) is 23.9 Å². The monoisotopic (exact) mass is 424 g/mol. The lowest BCUT2D eigenvalue weighted by molar-refractivity contribution is -0.362. The number of ketones is 2. The van der Waals surface area contributed by atoms with Gasteiger partial charge < -0.3 is 24.8 Å². The largest absolute Gasteiger partial charge is 0.457 e. The van der Waals surface area contributed by atoms with E-state index in [9.17, 15) is 29.7 Å². The number of carbonyl (C=O) groups excluding carboxylic acids is 3. The van der Waals surface area contributed by atoms with Crippen LogP contribution in [0.15, 0.2) is 12.7 Å². The molecule has 3 fully saturated rings. The molecule has 3 N–H and O–H groups in total. The number of esters is 1. The van der Waals surface area contributed by atoms with E-state index in [2.05, 4.69) is 6.58 Å². The topological polar surface area (TPSA) is 130 Å². The van der Waals surface area contributed by atoms with Crippen LogP contribution >= 0.6 is 0 Å². The summed E-state index contributed by atoms with van der Waals surface area (Å²) in [5.74, 6) is -3.77. The molecule has 3 rings (SSSR count). The number of Topliss-reactive ketones (excluding diaryl/α,β-unsaturated/α-hetero) is 2. The van der Waals surface area contributed by atoms with E-state index in [1.54, 1.807) is 0 Å². The Hall–Kier alpha value is -1.61. The second kappa shape index (κ2) is 6.45. The van der Waals surface area contributed by atoms with Crippen LogP contribution in [-0.4, -0.2) is 68.0 Å². The lowest BCUT2D eigenvalue weighted by Crippen LogP contribution is -2.88. The highest BCUT2D eigenvalue weighted by Crippen LogP contribution is 2.66. The maximum absolute atomic E-state index is 13.6. The summed E-state index contributed by atoms with van der Waals surface area (Å²) in [6.45, 7) is 12.6. The summed E-state index contributed by atoms with van der Waals surface area (Å²) in [6.07, 6.45) is -2.14. The smallest absolute Gasteiger partial charge is 0.303 e. The Labute approximate surface area is 176 Å². The molecule has 8 atom stereocenters. The fourth-order valence-corrected chi connectivity index (χ4v) is 6.48. The fraction of sp³-hybridized carbons (Fsp3) is 0.773. The standard InChI is InChI=1S/C22H32O8/c1-8-19(5)15(26)16(27)22(28)20(6)12(24)9-10-18(3,4)14(20)13(25)17(29-11(2)23)21(22,7)30-19/h8,12-14,17,24-25,28H,1,9-10H2,2-7H3/t12-,13-,14-,17-,19-,20-,21+,22+/m0/s1. The molecule has 3 aliphatic rings. The lowest BCUT2D eigenvalue weighted by atomic mass is 9.39. The van der Waals surface area contributed by atoms with Crippen LogP contribution in [0.2, 0.25) is 0 Å². The molecular weight excluding hydrogens is 392 g/mol. The van der Waals surface area contributed by atoms with Gasteiger partial charge in [-0.25, -0.2) is 0 Å². The summed E-state index contributed by atoms with van der Waals surface area (Å²) in [4.78, 5) is 38.5. The van der Waals surface area contributed by atoms with Crippen LogP contribution in [0.1, 0.15) is 54.4 Å². The van der Waals surface area contributed by atoms with Crippen molar-refractivity contribution in [3.63, 3.8) is 0 Å². The molecule has 0 radical (unpaired) electrons. The molecule has 0 aromatic rings. The first-order valence-electron chi connectivity index (χ1n) is 10.2. The molecule has 1 aliphatic heterocycles. The number of carbonyl (C=O) groups is 3. The molecule has 0 bridgehead atoms. The molecule has 168 valence electrons. The molecule has 8 heteroatoms. The summed E-state index contributed by atoms with van der Waals surface area (Å²) in [5.41, 5.74) is -8.67. The van der Waals surface area contributed by atoms with Gasteiger partial charge >= 0.3 is 5.97 Å². The van der Waals surface area contributed by atoms with Crippen molar-refractivity contribution < 1.29 is 39.2 Å². The first-order valence-corrected chi connectivity index (χ1v) is 10.2. The molecule has 0 aromatic carbocycles. The first kappa shape index (κ1) is 23.1. The van der Waals surface area contributed by atoms with Gasteiger partial charge in [0.15, 0.2) is 17.3 Å². The maximum Gasteiger partial charge on any atom is 0.303 e. The number of fused-ring (bicyclic) bond motifs is 3. The normalized spacial score (nSPS) is 50.3. The van der Waals surface area contributed by atoms with Crippen molar-refractivity contribution in [1.29, 1.82) is 0 Å². The highest BCUT2D eigenvalue weighted by atomic mass is 16.6. The second-order valence-electron chi connectivity index (χ2n) is 10.2. The molecule has 2 saturated carbocycles. The number of aliphatic hydroxyl groups excluding tert-OH is 2. The molecule has 30 heavy (non-hydrogen) atoms. The average Bonchev–Trinajstić information content (AvgIpc) is 2.64. The van der Waals surface area contributed by atoms with E-state index in [4.69, 9.17) is 9.47 Å². The van der Waals surface area contributed by atoms with Crippen LogP contribution < -0.4 is 0 Å². The van der Waals surface area contributed by atoms with E-state index in [1.165, 1.54) is 20.8 Å². The number of hydrogen-bond acceptors (Lipinski definition) is 8. The fourth-order valence-electron chi connectivity index (χ4n) is 6.48. The van der Waals surface area contributed by atoms with Gasteiger partial charge in [0.2, 0.25) is 11.6 Å². The van der Waals surface area contributed by atoms with Gasteiger partial charge in [-0.05, 0) is 32.1 Å². The van der Waals surface area contributed by atoms with Gasteiger partial charge in [-0.2, -0.15) is 0 Å². The van der Waals surface area contributed by atoms with Gasteiger partial charge in [-0.15, -0.1) is 0 Å². The second-order valence-corrected chi connectivity index (χ2v) is 10.2. The third-order valence-corrected chi connectivity index (χ3v) is 8.03. The third kappa shape index (κ3) is 2.45. The number of rotatable bonds is 2. The van der Waals surface area contributed by atoms with Crippen LogP contribution in [0, 0.1) is 16.7 Å². The van der Waals surface area contributed by atoms with Gasteiger partial charge in [0.05, 0.1) is 12.2 Å². The molecule has 0 unspecified atom stereocenters. The summed E-state index contributed by atoms with van der Waals surface area (Å²) in [5, 5.41) is 34.6. The Kier molecular flexibility index (Phi) is 4.96. The minimum atomic E-state index is -2.55. The minimum Gasteiger partial charge on any atom is -0.457 e. The van der Waals surface area contributed by atoms with Crippen molar-refractivity contribution >= 4 is 17.5 Å². The Balaban J connectivity index is 2.38. The van der Waals surface area contributed by atoms with E-state index in [-0.39, 0.29) is 6.42 Å². The SMILES string of the molecule is C=C[C@]1(C)O[C@]2(C)[C@@H](OC(C)=O)[C@@H](O)[C@H]3C(C)(C)CC[C@H](O)[C@]3(C)[C@]2(O)C(=O)C1=O. The van der Waals surface area contributed by atoms with Crippen LogP contribution in [0.3, 0.4) is 0 Å². The molecule has 0 aromatic heterocycles. The van der Waals surface area contributed by atoms with Gasteiger partial charge in [-0.3, -0.25) is 14.4 Å². The molecule has 0 spiro atoms. The zero-order valence-corrected chi connectivity index (χ0v) is 18.4. The Morgan fingerprint density at radius 2 is 1.73 bits per heavy atom. The summed E-state index contributed by atoms with van der Waals surface area (Å²) in [7, 11) is 0. The first-order chi connectivity index (χ1) is 13.5. The van der Waals surface area contributed by atoms with Crippen LogP contribution in [0.4, 0.5) is 0 Å². The van der Waals surface area contributed by atoms with Gasteiger partial charge in [-0.1, -0.05) is 33.4 Å². The van der Waals surface area contributed by atoms with E-state index < -0.39 is 69.4 Å². The van der Waals surface area contributed by atoms with E-state index >= 15 is 0 Å². The zero-order valence-electron chi connectivity index (χ0n) is 18.4. The van der Waals surface area contributed by atoms with Crippen molar-refractivity contribution in [3.8, 4) is 0 Å². The molecule has 1 saturated heterocycles. The van der Waals surface area contributed by atoms with E-state index in [1.807, 2.05) is 13.8 Å². The van der Waals surface area contributed by atoms with Crippen LogP contribution in [0.25, 0.3) is 0 Å². The highest BCUT2D eigenvalue weighted by Gasteiger charge is 2.83. The van der Waals surface area contributed by atoms with Crippen molar-refractivity contribution in [2.45, 2.75) is 89.5 Å². The number of aliphatic hydroxyl groups is 3. The highest BCUT2D eigenvalue weighted by molar-refractivity contribution is 6.44. The van der Waals surface area contributed by atoms with Crippen molar-refractivity contribution in [2.75, 3.05) is 0 Å². The summed E-state index contributed by atoms with van der Waals surface area (Å²) in [6, 6.07) is 0. The molecule has 8 nitrogen and oxygen atoms in total. The van der Waals surface area contributed by atoms with Crippen molar-refractivity contribution in [2.24, 2.45) is 16.7 Å². The Morgan fingerprint density at radius 1 is 1.17 bits per heavy atom. The number of ether oxygens (including phenoxy) is 2. The zero-order chi connectivity index (χ0) is 23.1. The summed E-state index contributed by atoms with van der Waals surface area (Å²) < 4.78 is 11.5. The van der Waals surface area contributed by atoms with Gasteiger partial charge in [0, 0.05) is 18.3 Å². The predicted octanol–water partition coefficient (Wildman–Crippen LogP) is 0.699. The predicted molar refractivity (Wildman–Crippen MR) is 105 cm³/mol. The van der Waals surface area contributed by atoms with Crippen molar-refractivity contribution in [3.05, 3.63) is 12.7 Å².